The lowest BCUT2D eigenvalue weighted by atomic mass is 10.1. The van der Waals surface area contributed by atoms with Crippen molar-refractivity contribution in [1.82, 2.24) is 5.32 Å². The highest BCUT2D eigenvalue weighted by molar-refractivity contribution is 7.17. The lowest BCUT2D eigenvalue weighted by Crippen LogP contribution is -2.19. The minimum atomic E-state index is -0.358. The van der Waals surface area contributed by atoms with Gasteiger partial charge in [0.05, 0.1) is 12.7 Å². The molecular formula is C13H18N2O3S. The fourth-order valence-corrected chi connectivity index (χ4v) is 3.53. The summed E-state index contributed by atoms with van der Waals surface area (Å²) in [6.07, 6.45) is 3.33. The van der Waals surface area contributed by atoms with Crippen LogP contribution in [0.15, 0.2) is 0 Å². The van der Waals surface area contributed by atoms with Gasteiger partial charge < -0.3 is 15.4 Å². The predicted octanol–water partition coefficient (Wildman–Crippen LogP) is 1.57. The third-order valence-electron chi connectivity index (χ3n) is 3.17. The van der Waals surface area contributed by atoms with E-state index < -0.39 is 0 Å². The van der Waals surface area contributed by atoms with E-state index in [0.29, 0.717) is 23.5 Å². The number of nitrogens with one attached hydrogen (secondary N) is 2. The first-order chi connectivity index (χ1) is 9.17. The minimum absolute atomic E-state index is 0.0839. The Morgan fingerprint density at radius 3 is 2.84 bits per heavy atom. The number of rotatable bonds is 5. The van der Waals surface area contributed by atoms with Gasteiger partial charge >= 0.3 is 5.97 Å². The molecule has 1 heterocycles. The van der Waals surface area contributed by atoms with Crippen molar-refractivity contribution in [2.24, 2.45) is 0 Å². The average Bonchev–Trinajstić information content (AvgIpc) is 2.95. The quantitative estimate of drug-likeness (QED) is 0.805. The molecular weight excluding hydrogens is 264 g/mol. The molecule has 1 aromatic heterocycles. The number of ether oxygens (including phenoxy) is 1. The second-order valence-corrected chi connectivity index (χ2v) is 5.56. The van der Waals surface area contributed by atoms with Gasteiger partial charge in [0, 0.05) is 17.8 Å². The summed E-state index contributed by atoms with van der Waals surface area (Å²) >= 11 is 1.50. The zero-order chi connectivity index (χ0) is 13.8. The largest absolute Gasteiger partial charge is 0.465 e. The summed E-state index contributed by atoms with van der Waals surface area (Å²) in [5.74, 6) is -0.442. The van der Waals surface area contributed by atoms with Gasteiger partial charge in [0.15, 0.2) is 0 Å². The fraction of sp³-hybridized carbons (Fsp3) is 0.538. The lowest BCUT2D eigenvalue weighted by Gasteiger charge is -2.06. The van der Waals surface area contributed by atoms with Gasteiger partial charge in [-0.2, -0.15) is 0 Å². The maximum Gasteiger partial charge on any atom is 0.341 e. The Morgan fingerprint density at radius 1 is 1.37 bits per heavy atom. The fourth-order valence-electron chi connectivity index (χ4n) is 2.24. The van der Waals surface area contributed by atoms with Gasteiger partial charge in [0.1, 0.15) is 5.00 Å². The van der Waals surface area contributed by atoms with Crippen LogP contribution in [0.1, 0.15) is 33.6 Å². The van der Waals surface area contributed by atoms with E-state index in [4.69, 9.17) is 4.74 Å². The number of fused-ring (bicyclic) bond motifs is 1. The predicted molar refractivity (Wildman–Crippen MR) is 74.9 cm³/mol. The summed E-state index contributed by atoms with van der Waals surface area (Å²) in [6, 6.07) is 0. The highest BCUT2D eigenvalue weighted by atomic mass is 32.1. The van der Waals surface area contributed by atoms with Crippen LogP contribution in [0.5, 0.6) is 0 Å². The summed E-state index contributed by atoms with van der Waals surface area (Å²) in [5.41, 5.74) is 1.61. The van der Waals surface area contributed by atoms with Crippen LogP contribution in [0.25, 0.3) is 0 Å². The monoisotopic (exact) mass is 282 g/mol. The highest BCUT2D eigenvalue weighted by Gasteiger charge is 2.27. The molecule has 19 heavy (non-hydrogen) atoms. The maximum absolute atomic E-state index is 11.9. The third-order valence-corrected chi connectivity index (χ3v) is 4.37. The first-order valence-corrected chi connectivity index (χ1v) is 7.16. The summed E-state index contributed by atoms with van der Waals surface area (Å²) in [4.78, 5) is 24.8. The van der Waals surface area contributed by atoms with E-state index in [9.17, 15) is 9.59 Å². The molecule has 0 saturated heterocycles. The van der Waals surface area contributed by atoms with Crippen LogP contribution in [-0.4, -0.2) is 32.6 Å². The molecule has 104 valence electrons. The van der Waals surface area contributed by atoms with Gasteiger partial charge in [0.2, 0.25) is 5.91 Å². The van der Waals surface area contributed by atoms with Crippen LogP contribution >= 0.6 is 11.3 Å². The van der Waals surface area contributed by atoms with Crippen molar-refractivity contribution in [2.45, 2.75) is 25.7 Å². The molecule has 5 nitrogen and oxygen atoms in total. The van der Waals surface area contributed by atoms with Crippen LogP contribution in [0.4, 0.5) is 5.00 Å². The van der Waals surface area contributed by atoms with Crippen molar-refractivity contribution in [3.63, 3.8) is 0 Å². The van der Waals surface area contributed by atoms with Crippen LogP contribution in [0.2, 0.25) is 0 Å². The van der Waals surface area contributed by atoms with Crippen molar-refractivity contribution in [3.8, 4) is 0 Å². The molecule has 0 saturated carbocycles. The third kappa shape index (κ3) is 2.96. The lowest BCUT2D eigenvalue weighted by molar-refractivity contribution is -0.116. The Kier molecular flexibility index (Phi) is 4.55. The van der Waals surface area contributed by atoms with E-state index in [0.717, 1.165) is 24.8 Å². The molecule has 1 aliphatic rings. The molecule has 1 aliphatic carbocycles. The molecule has 0 fully saturated rings. The van der Waals surface area contributed by atoms with Crippen LogP contribution in [0, 0.1) is 0 Å². The maximum atomic E-state index is 11.9. The van der Waals surface area contributed by atoms with E-state index in [1.54, 1.807) is 7.05 Å². The number of esters is 1. The van der Waals surface area contributed by atoms with Crippen LogP contribution in [-0.2, 0) is 22.4 Å². The summed E-state index contributed by atoms with van der Waals surface area (Å²) in [5, 5.41) is 6.39. The van der Waals surface area contributed by atoms with Crippen LogP contribution in [0.3, 0.4) is 0 Å². The number of hydrogen-bond acceptors (Lipinski definition) is 5. The number of thiophene rings is 1. The Morgan fingerprint density at radius 2 is 2.16 bits per heavy atom. The minimum Gasteiger partial charge on any atom is -0.465 e. The van der Waals surface area contributed by atoms with Crippen molar-refractivity contribution >= 4 is 28.2 Å². The molecule has 0 radical (unpaired) electrons. The zero-order valence-corrected chi connectivity index (χ0v) is 12.0. The first-order valence-electron chi connectivity index (χ1n) is 6.34. The molecule has 2 rings (SSSR count). The molecule has 0 unspecified atom stereocenters. The number of carbonyl (C=O) groups is 2. The van der Waals surface area contributed by atoms with Gasteiger partial charge in [-0.15, -0.1) is 11.3 Å². The van der Waals surface area contributed by atoms with E-state index in [1.807, 2.05) is 0 Å². The van der Waals surface area contributed by atoms with Gasteiger partial charge in [-0.25, -0.2) is 4.79 Å². The van der Waals surface area contributed by atoms with Gasteiger partial charge in [-0.1, -0.05) is 0 Å². The Balaban J connectivity index is 2.20. The first kappa shape index (κ1) is 14.0. The molecule has 2 N–H and O–H groups in total. The Hall–Kier alpha value is -1.40. The van der Waals surface area contributed by atoms with Crippen molar-refractivity contribution in [3.05, 3.63) is 16.0 Å². The standard InChI is InChI=1S/C13H18N2O3S/c1-14-7-6-10(16)15-12-11(13(17)18-2)8-4-3-5-9(8)19-12/h14H,3-7H2,1-2H3,(H,15,16). The van der Waals surface area contributed by atoms with Gasteiger partial charge in [-0.3, -0.25) is 4.79 Å². The summed E-state index contributed by atoms with van der Waals surface area (Å²) in [7, 11) is 3.17. The number of aryl methyl sites for hydroxylation is 1. The number of anilines is 1. The molecule has 0 spiro atoms. The van der Waals surface area contributed by atoms with Crippen molar-refractivity contribution < 1.29 is 14.3 Å². The van der Waals surface area contributed by atoms with E-state index in [-0.39, 0.29) is 11.9 Å². The SMILES string of the molecule is CNCCC(=O)Nc1sc2c(c1C(=O)OC)CCC2. The van der Waals surface area contributed by atoms with E-state index in [1.165, 1.54) is 23.3 Å². The van der Waals surface area contributed by atoms with Gasteiger partial charge in [0.25, 0.3) is 0 Å². The van der Waals surface area contributed by atoms with E-state index in [2.05, 4.69) is 10.6 Å². The molecule has 0 atom stereocenters. The Bertz CT molecular complexity index is 496. The molecule has 6 heteroatoms. The van der Waals surface area contributed by atoms with E-state index >= 15 is 0 Å². The molecule has 0 aliphatic heterocycles. The summed E-state index contributed by atoms with van der Waals surface area (Å²) in [6.45, 7) is 0.616. The number of methoxy groups -OCH3 is 1. The number of carbonyl (C=O) groups excluding carboxylic acids is 2. The normalized spacial score (nSPS) is 13.2. The van der Waals surface area contributed by atoms with Gasteiger partial charge in [-0.05, 0) is 31.9 Å². The molecule has 1 aromatic rings. The second-order valence-electron chi connectivity index (χ2n) is 4.45. The number of amides is 1. The zero-order valence-electron chi connectivity index (χ0n) is 11.2. The van der Waals surface area contributed by atoms with Crippen molar-refractivity contribution in [1.29, 1.82) is 0 Å². The molecule has 0 bridgehead atoms. The molecule has 1 amide bonds. The van der Waals surface area contributed by atoms with Crippen molar-refractivity contribution in [2.75, 3.05) is 26.0 Å². The topological polar surface area (TPSA) is 67.4 Å². The number of hydrogen-bond donors (Lipinski definition) is 2. The smallest absolute Gasteiger partial charge is 0.341 e. The van der Waals surface area contributed by atoms with Crippen LogP contribution < -0.4 is 10.6 Å². The summed E-state index contributed by atoms with van der Waals surface area (Å²) < 4.78 is 4.83. The second kappa shape index (κ2) is 6.16. The highest BCUT2D eigenvalue weighted by Crippen LogP contribution is 2.39. The molecule has 0 aromatic carbocycles. The Labute approximate surface area is 116 Å². The average molecular weight is 282 g/mol.